The number of hydrogen-bond donors (Lipinski definition) is 1. The minimum absolute atomic E-state index is 0.0778. The second-order valence-corrected chi connectivity index (χ2v) is 6.53. The van der Waals surface area contributed by atoms with Crippen molar-refractivity contribution >= 4 is 15.8 Å². The lowest BCUT2D eigenvalue weighted by atomic mass is 10.0. The smallest absolute Gasteiger partial charge is 0.339 e. The van der Waals surface area contributed by atoms with Gasteiger partial charge in [-0.2, -0.15) is 0 Å². The van der Waals surface area contributed by atoms with Crippen LogP contribution in [0, 0.1) is 0 Å². The molecule has 0 fully saturated rings. The summed E-state index contributed by atoms with van der Waals surface area (Å²) >= 11 is 0. The number of ether oxygens (including phenoxy) is 1. The van der Waals surface area contributed by atoms with Gasteiger partial charge in [-0.25, -0.2) is 13.2 Å². The quantitative estimate of drug-likeness (QED) is 0.938. The van der Waals surface area contributed by atoms with Crippen molar-refractivity contribution in [1.82, 2.24) is 0 Å². The predicted molar refractivity (Wildman–Crippen MR) is 78.5 cm³/mol. The summed E-state index contributed by atoms with van der Waals surface area (Å²) in [4.78, 5) is 11.3. The van der Waals surface area contributed by atoms with Crippen molar-refractivity contribution in [3.05, 3.63) is 48.0 Å². The molecule has 0 saturated heterocycles. The minimum atomic E-state index is -3.23. The van der Waals surface area contributed by atoms with Crippen LogP contribution in [0.15, 0.2) is 47.4 Å². The molecule has 1 N–H and O–H groups in total. The van der Waals surface area contributed by atoms with E-state index in [-0.39, 0.29) is 16.2 Å². The summed E-state index contributed by atoms with van der Waals surface area (Å²) in [5.74, 6) is -0.807. The molecule has 0 aliphatic heterocycles. The average Bonchev–Trinajstić information content (AvgIpc) is 2.45. The van der Waals surface area contributed by atoms with E-state index in [1.54, 1.807) is 24.3 Å². The summed E-state index contributed by atoms with van der Waals surface area (Å²) in [6.07, 6.45) is 1.15. The lowest BCUT2D eigenvalue weighted by molar-refractivity contribution is 0.0693. The maximum Gasteiger partial charge on any atom is 0.339 e. The van der Waals surface area contributed by atoms with E-state index < -0.39 is 15.8 Å². The van der Waals surface area contributed by atoms with Crippen molar-refractivity contribution in [1.29, 1.82) is 0 Å². The van der Waals surface area contributed by atoms with E-state index in [2.05, 4.69) is 0 Å². The predicted octanol–water partition coefficient (Wildman–Crippen LogP) is 2.46. The topological polar surface area (TPSA) is 80.7 Å². The zero-order valence-corrected chi connectivity index (χ0v) is 12.3. The molecule has 0 saturated carbocycles. The van der Waals surface area contributed by atoms with Crippen molar-refractivity contribution in [3.8, 4) is 16.9 Å². The fraction of sp³-hybridized carbons (Fsp3) is 0.133. The summed E-state index contributed by atoms with van der Waals surface area (Å²) in [6, 6.07) is 11.1. The fourth-order valence-corrected chi connectivity index (χ4v) is 2.57. The average molecular weight is 306 g/mol. The van der Waals surface area contributed by atoms with Crippen LogP contribution < -0.4 is 4.74 Å². The van der Waals surface area contributed by atoms with Crippen LogP contribution in [0.1, 0.15) is 10.4 Å². The molecule has 0 unspecified atom stereocenters. The normalized spacial score (nSPS) is 11.1. The highest BCUT2D eigenvalue weighted by molar-refractivity contribution is 7.90. The lowest BCUT2D eigenvalue weighted by Crippen LogP contribution is -2.00. The fourth-order valence-electron chi connectivity index (χ4n) is 1.94. The molecule has 0 aliphatic rings. The molecule has 0 atom stereocenters. The maximum atomic E-state index is 11.4. The highest BCUT2D eigenvalue weighted by atomic mass is 32.2. The first-order chi connectivity index (χ1) is 9.82. The molecule has 2 aromatic carbocycles. The number of methoxy groups -OCH3 is 1. The zero-order chi connectivity index (χ0) is 15.6. The Morgan fingerprint density at radius 3 is 2.10 bits per heavy atom. The first-order valence-corrected chi connectivity index (χ1v) is 7.94. The summed E-state index contributed by atoms with van der Waals surface area (Å²) in [5.41, 5.74) is 1.60. The second kappa shape index (κ2) is 5.57. The van der Waals surface area contributed by atoms with Crippen LogP contribution in [0.3, 0.4) is 0 Å². The Labute approximate surface area is 122 Å². The van der Waals surface area contributed by atoms with Crippen LogP contribution in [0.4, 0.5) is 0 Å². The van der Waals surface area contributed by atoms with E-state index in [9.17, 15) is 13.2 Å². The third-order valence-corrected chi connectivity index (χ3v) is 4.18. The van der Waals surface area contributed by atoms with Gasteiger partial charge < -0.3 is 9.84 Å². The van der Waals surface area contributed by atoms with E-state index >= 15 is 0 Å². The molecule has 0 radical (unpaired) electrons. The largest absolute Gasteiger partial charge is 0.496 e. The molecular formula is C15H14O5S. The highest BCUT2D eigenvalue weighted by Gasteiger charge is 2.12. The van der Waals surface area contributed by atoms with Gasteiger partial charge in [-0.15, -0.1) is 0 Å². The first kappa shape index (κ1) is 15.1. The number of benzene rings is 2. The van der Waals surface area contributed by atoms with Gasteiger partial charge in [-0.1, -0.05) is 18.2 Å². The molecule has 110 valence electrons. The van der Waals surface area contributed by atoms with Crippen LogP contribution >= 0.6 is 0 Å². The van der Waals surface area contributed by atoms with Gasteiger partial charge in [0, 0.05) is 6.26 Å². The van der Waals surface area contributed by atoms with Gasteiger partial charge in [0.2, 0.25) is 0 Å². The summed E-state index contributed by atoms with van der Waals surface area (Å²) in [5, 5.41) is 9.04. The molecule has 0 amide bonds. The summed E-state index contributed by atoms with van der Waals surface area (Å²) in [7, 11) is -1.83. The number of sulfone groups is 1. The van der Waals surface area contributed by atoms with Crippen molar-refractivity contribution in [3.63, 3.8) is 0 Å². The zero-order valence-electron chi connectivity index (χ0n) is 11.5. The third kappa shape index (κ3) is 3.22. The van der Waals surface area contributed by atoms with Crippen LogP contribution in [-0.2, 0) is 9.84 Å². The molecule has 0 aromatic heterocycles. The van der Waals surface area contributed by atoms with E-state index in [0.29, 0.717) is 0 Å². The van der Waals surface area contributed by atoms with Crippen molar-refractivity contribution < 1.29 is 23.1 Å². The molecule has 0 aliphatic carbocycles. The second-order valence-electron chi connectivity index (χ2n) is 4.52. The number of carboxylic acid groups (broad SMARTS) is 1. The number of hydrogen-bond acceptors (Lipinski definition) is 4. The molecule has 6 heteroatoms. The molecule has 21 heavy (non-hydrogen) atoms. The first-order valence-electron chi connectivity index (χ1n) is 6.05. The van der Waals surface area contributed by atoms with Gasteiger partial charge in [-0.3, -0.25) is 0 Å². The Hall–Kier alpha value is -2.34. The van der Waals surface area contributed by atoms with Gasteiger partial charge in [-0.05, 0) is 35.4 Å². The van der Waals surface area contributed by atoms with Crippen molar-refractivity contribution in [2.45, 2.75) is 4.90 Å². The molecule has 5 nitrogen and oxygen atoms in total. The molecule has 2 rings (SSSR count). The Bertz CT molecular complexity index is 776. The van der Waals surface area contributed by atoms with E-state index in [0.717, 1.165) is 17.4 Å². The summed E-state index contributed by atoms with van der Waals surface area (Å²) in [6.45, 7) is 0. The molecule has 0 bridgehead atoms. The highest BCUT2D eigenvalue weighted by Crippen LogP contribution is 2.28. The van der Waals surface area contributed by atoms with Crippen molar-refractivity contribution in [2.75, 3.05) is 13.4 Å². The number of carboxylic acids is 1. The van der Waals surface area contributed by atoms with Crippen LogP contribution in [0.5, 0.6) is 5.75 Å². The summed E-state index contributed by atoms with van der Waals surface area (Å²) < 4.78 is 27.9. The Morgan fingerprint density at radius 2 is 1.62 bits per heavy atom. The lowest BCUT2D eigenvalue weighted by Gasteiger charge is -2.08. The van der Waals surface area contributed by atoms with Gasteiger partial charge in [0.1, 0.15) is 11.3 Å². The van der Waals surface area contributed by atoms with Gasteiger partial charge in [0.15, 0.2) is 9.84 Å². The van der Waals surface area contributed by atoms with Crippen molar-refractivity contribution in [2.24, 2.45) is 0 Å². The van der Waals surface area contributed by atoms with Crippen LogP contribution in [-0.4, -0.2) is 32.9 Å². The van der Waals surface area contributed by atoms with E-state index in [1.807, 2.05) is 0 Å². The Balaban J connectivity index is 2.45. The molecule has 0 heterocycles. The number of carbonyl (C=O) groups is 1. The minimum Gasteiger partial charge on any atom is -0.496 e. The van der Waals surface area contributed by atoms with Gasteiger partial charge >= 0.3 is 5.97 Å². The maximum absolute atomic E-state index is 11.4. The van der Waals surface area contributed by atoms with E-state index in [4.69, 9.17) is 9.84 Å². The monoisotopic (exact) mass is 306 g/mol. The van der Waals surface area contributed by atoms with Gasteiger partial charge in [0.25, 0.3) is 0 Å². The van der Waals surface area contributed by atoms with Crippen LogP contribution in [0.2, 0.25) is 0 Å². The van der Waals surface area contributed by atoms with Crippen LogP contribution in [0.25, 0.3) is 11.1 Å². The Morgan fingerprint density at radius 1 is 1.05 bits per heavy atom. The third-order valence-electron chi connectivity index (χ3n) is 3.05. The van der Waals surface area contributed by atoms with E-state index in [1.165, 1.54) is 25.3 Å². The van der Waals surface area contributed by atoms with Gasteiger partial charge in [0.05, 0.1) is 12.0 Å². The Kier molecular flexibility index (Phi) is 3.99. The number of rotatable bonds is 4. The molecular weight excluding hydrogens is 292 g/mol. The molecule has 2 aromatic rings. The standard InChI is InChI=1S/C15H14O5S/c1-20-14-9-11(5-8-13(14)15(16)17)10-3-6-12(7-4-10)21(2,18)19/h3-9H,1-2H3,(H,16,17). The molecule has 0 spiro atoms. The SMILES string of the molecule is COc1cc(-c2ccc(S(C)(=O)=O)cc2)ccc1C(=O)O. The number of aromatic carboxylic acids is 1.